The first-order valence-corrected chi connectivity index (χ1v) is 6.07. The minimum absolute atomic E-state index is 0.0467. The van der Waals surface area contributed by atoms with Gasteiger partial charge in [0.15, 0.2) is 10.9 Å². The highest BCUT2D eigenvalue weighted by molar-refractivity contribution is 7.13. The lowest BCUT2D eigenvalue weighted by atomic mass is 10.4. The van der Waals surface area contributed by atoms with Crippen LogP contribution in [-0.2, 0) is 0 Å². The van der Waals surface area contributed by atoms with Gasteiger partial charge in [-0.05, 0) is 13.0 Å². The molecule has 2 rings (SSSR count). The second kappa shape index (κ2) is 4.72. The SMILES string of the molecule is CC(=O)c1csc(N2CCCNCC2)n1. The van der Waals surface area contributed by atoms with Crippen molar-refractivity contribution in [3.8, 4) is 0 Å². The zero-order valence-electron chi connectivity index (χ0n) is 8.82. The maximum atomic E-state index is 11.1. The highest BCUT2D eigenvalue weighted by Crippen LogP contribution is 2.21. The Labute approximate surface area is 93.3 Å². The third-order valence-corrected chi connectivity index (χ3v) is 3.36. The summed E-state index contributed by atoms with van der Waals surface area (Å²) in [5.74, 6) is 0.0467. The predicted molar refractivity (Wildman–Crippen MR) is 61.8 cm³/mol. The highest BCUT2D eigenvalue weighted by Gasteiger charge is 2.14. The summed E-state index contributed by atoms with van der Waals surface area (Å²) in [7, 11) is 0. The van der Waals surface area contributed by atoms with Crippen LogP contribution in [0.25, 0.3) is 0 Å². The van der Waals surface area contributed by atoms with E-state index >= 15 is 0 Å². The molecule has 0 spiro atoms. The fraction of sp³-hybridized carbons (Fsp3) is 0.600. The molecule has 1 saturated heterocycles. The Balaban J connectivity index is 2.10. The molecule has 82 valence electrons. The van der Waals surface area contributed by atoms with Crippen LogP contribution in [0, 0.1) is 0 Å². The van der Waals surface area contributed by atoms with Crippen LogP contribution in [0.3, 0.4) is 0 Å². The van der Waals surface area contributed by atoms with Crippen LogP contribution < -0.4 is 10.2 Å². The van der Waals surface area contributed by atoms with Gasteiger partial charge < -0.3 is 10.2 Å². The Morgan fingerprint density at radius 2 is 2.40 bits per heavy atom. The van der Waals surface area contributed by atoms with Crippen molar-refractivity contribution in [2.45, 2.75) is 13.3 Å². The molecule has 1 fully saturated rings. The number of thiazole rings is 1. The second-order valence-corrected chi connectivity index (χ2v) is 4.50. The lowest BCUT2D eigenvalue weighted by molar-refractivity contribution is 0.101. The van der Waals surface area contributed by atoms with E-state index in [-0.39, 0.29) is 5.78 Å². The van der Waals surface area contributed by atoms with E-state index < -0.39 is 0 Å². The van der Waals surface area contributed by atoms with Crippen molar-refractivity contribution in [3.63, 3.8) is 0 Å². The van der Waals surface area contributed by atoms with Crippen molar-refractivity contribution in [1.29, 1.82) is 0 Å². The highest BCUT2D eigenvalue weighted by atomic mass is 32.1. The number of rotatable bonds is 2. The van der Waals surface area contributed by atoms with Gasteiger partial charge >= 0.3 is 0 Å². The molecule has 1 aliphatic rings. The molecule has 2 heterocycles. The van der Waals surface area contributed by atoms with Crippen LogP contribution in [0.15, 0.2) is 5.38 Å². The van der Waals surface area contributed by atoms with Gasteiger partial charge in [-0.3, -0.25) is 4.79 Å². The molecule has 1 N–H and O–H groups in total. The number of nitrogens with one attached hydrogen (secondary N) is 1. The summed E-state index contributed by atoms with van der Waals surface area (Å²) < 4.78 is 0. The molecular weight excluding hydrogens is 210 g/mol. The summed E-state index contributed by atoms with van der Waals surface area (Å²) in [4.78, 5) is 17.7. The largest absolute Gasteiger partial charge is 0.347 e. The molecule has 0 saturated carbocycles. The lowest BCUT2D eigenvalue weighted by Gasteiger charge is -2.18. The van der Waals surface area contributed by atoms with Gasteiger partial charge in [0.05, 0.1) is 0 Å². The summed E-state index contributed by atoms with van der Waals surface area (Å²) in [6.45, 7) is 5.63. The zero-order chi connectivity index (χ0) is 10.7. The van der Waals surface area contributed by atoms with Gasteiger partial charge in [-0.2, -0.15) is 0 Å². The van der Waals surface area contributed by atoms with Crippen LogP contribution in [0.2, 0.25) is 0 Å². The Bertz CT molecular complexity index is 342. The molecule has 0 radical (unpaired) electrons. The van der Waals surface area contributed by atoms with Crippen LogP contribution in [0.1, 0.15) is 23.8 Å². The molecule has 0 atom stereocenters. The fourth-order valence-electron chi connectivity index (χ4n) is 1.61. The molecule has 0 amide bonds. The van der Waals surface area contributed by atoms with Gasteiger partial charge in [0.25, 0.3) is 0 Å². The summed E-state index contributed by atoms with van der Waals surface area (Å²) in [5, 5.41) is 6.16. The minimum Gasteiger partial charge on any atom is -0.347 e. The maximum absolute atomic E-state index is 11.1. The van der Waals surface area contributed by atoms with E-state index in [1.807, 2.05) is 5.38 Å². The number of carbonyl (C=O) groups is 1. The third kappa shape index (κ3) is 2.54. The Morgan fingerprint density at radius 3 is 3.13 bits per heavy atom. The van der Waals surface area contributed by atoms with Gasteiger partial charge in [-0.1, -0.05) is 0 Å². The van der Waals surface area contributed by atoms with E-state index in [9.17, 15) is 4.79 Å². The first kappa shape index (κ1) is 10.6. The van der Waals surface area contributed by atoms with E-state index in [1.165, 1.54) is 0 Å². The number of hydrogen-bond donors (Lipinski definition) is 1. The van der Waals surface area contributed by atoms with Gasteiger partial charge in [-0.25, -0.2) is 4.98 Å². The summed E-state index contributed by atoms with van der Waals surface area (Å²) >= 11 is 1.56. The topological polar surface area (TPSA) is 45.2 Å². The molecule has 15 heavy (non-hydrogen) atoms. The summed E-state index contributed by atoms with van der Waals surface area (Å²) in [5.41, 5.74) is 0.590. The quantitative estimate of drug-likeness (QED) is 0.767. The molecule has 0 bridgehead atoms. The van der Waals surface area contributed by atoms with Crippen molar-refractivity contribution in [3.05, 3.63) is 11.1 Å². The average molecular weight is 225 g/mol. The summed E-state index contributed by atoms with van der Waals surface area (Å²) in [6.07, 6.45) is 1.13. The van der Waals surface area contributed by atoms with Crippen LogP contribution in [0.4, 0.5) is 5.13 Å². The van der Waals surface area contributed by atoms with Crippen LogP contribution in [-0.4, -0.2) is 36.9 Å². The normalized spacial score (nSPS) is 17.5. The smallest absolute Gasteiger partial charge is 0.186 e. The van der Waals surface area contributed by atoms with Crippen molar-refractivity contribution in [2.75, 3.05) is 31.1 Å². The van der Waals surface area contributed by atoms with E-state index in [0.29, 0.717) is 5.69 Å². The first-order valence-electron chi connectivity index (χ1n) is 5.19. The van der Waals surface area contributed by atoms with Crippen molar-refractivity contribution >= 4 is 22.3 Å². The average Bonchev–Trinajstić information content (AvgIpc) is 2.55. The van der Waals surface area contributed by atoms with E-state index in [1.54, 1.807) is 18.3 Å². The van der Waals surface area contributed by atoms with Crippen molar-refractivity contribution in [1.82, 2.24) is 10.3 Å². The Morgan fingerprint density at radius 1 is 1.53 bits per heavy atom. The molecule has 5 heteroatoms. The standard InChI is InChI=1S/C10H15N3OS/c1-8(14)9-7-15-10(12-9)13-5-2-3-11-4-6-13/h7,11H,2-6H2,1H3. The number of Topliss-reactive ketones (excluding diaryl/α,β-unsaturated/α-hetero) is 1. The molecular formula is C10H15N3OS. The van der Waals surface area contributed by atoms with Crippen molar-refractivity contribution in [2.24, 2.45) is 0 Å². The Hall–Kier alpha value is -0.940. The molecule has 4 nitrogen and oxygen atoms in total. The Kier molecular flexibility index (Phi) is 3.33. The minimum atomic E-state index is 0.0467. The van der Waals surface area contributed by atoms with Crippen LogP contribution in [0.5, 0.6) is 0 Å². The van der Waals surface area contributed by atoms with Gasteiger partial charge in [0.1, 0.15) is 5.69 Å². The van der Waals surface area contributed by atoms with E-state index in [0.717, 1.165) is 37.7 Å². The third-order valence-electron chi connectivity index (χ3n) is 2.46. The van der Waals surface area contributed by atoms with E-state index in [2.05, 4.69) is 15.2 Å². The predicted octanol–water partition coefficient (Wildman–Crippen LogP) is 1.15. The molecule has 1 aromatic heterocycles. The van der Waals surface area contributed by atoms with Crippen molar-refractivity contribution < 1.29 is 4.79 Å². The zero-order valence-corrected chi connectivity index (χ0v) is 9.64. The number of ketones is 1. The molecule has 0 aliphatic carbocycles. The molecule has 0 unspecified atom stereocenters. The summed E-state index contributed by atoms with van der Waals surface area (Å²) in [6, 6.07) is 0. The number of nitrogens with zero attached hydrogens (tertiary/aromatic N) is 2. The lowest BCUT2D eigenvalue weighted by Crippen LogP contribution is -2.27. The van der Waals surface area contributed by atoms with Gasteiger partial charge in [0, 0.05) is 31.9 Å². The van der Waals surface area contributed by atoms with Gasteiger partial charge in [0.2, 0.25) is 0 Å². The van der Waals surface area contributed by atoms with Gasteiger partial charge in [-0.15, -0.1) is 11.3 Å². The molecule has 0 aromatic carbocycles. The first-order chi connectivity index (χ1) is 7.27. The maximum Gasteiger partial charge on any atom is 0.186 e. The number of hydrogen-bond acceptors (Lipinski definition) is 5. The number of anilines is 1. The number of carbonyl (C=O) groups excluding carboxylic acids is 1. The molecule has 1 aliphatic heterocycles. The van der Waals surface area contributed by atoms with E-state index in [4.69, 9.17) is 0 Å². The molecule has 1 aromatic rings. The monoisotopic (exact) mass is 225 g/mol. The fourth-order valence-corrected chi connectivity index (χ4v) is 2.53. The second-order valence-electron chi connectivity index (χ2n) is 3.66. The van der Waals surface area contributed by atoms with Crippen LogP contribution >= 0.6 is 11.3 Å². The number of aromatic nitrogens is 1.